The van der Waals surface area contributed by atoms with E-state index in [-0.39, 0.29) is 41.1 Å². The first-order valence-electron chi connectivity index (χ1n) is 9.68. The minimum absolute atomic E-state index is 0.0237. The van der Waals surface area contributed by atoms with Crippen LogP contribution < -0.4 is 15.8 Å². The monoisotopic (exact) mass is 411 g/mol. The van der Waals surface area contributed by atoms with Gasteiger partial charge in [-0.2, -0.15) is 0 Å². The summed E-state index contributed by atoms with van der Waals surface area (Å²) < 4.78 is 10.0. The molecule has 0 unspecified atom stereocenters. The highest BCUT2D eigenvalue weighted by Crippen LogP contribution is 2.27. The molecule has 158 valence electrons. The fourth-order valence-electron chi connectivity index (χ4n) is 3.56. The zero-order chi connectivity index (χ0) is 21.7. The summed E-state index contributed by atoms with van der Waals surface area (Å²) in [6, 6.07) is 8.55. The number of nitrogen functional groups attached to an aromatic ring is 1. The minimum atomic E-state index is -0.301. The lowest BCUT2D eigenvalue weighted by Crippen LogP contribution is -2.39. The molecule has 1 fully saturated rings. The lowest BCUT2D eigenvalue weighted by atomic mass is 9.86. The zero-order valence-electron chi connectivity index (χ0n) is 17.0. The highest BCUT2D eigenvalue weighted by Gasteiger charge is 2.28. The molecule has 0 bridgehead atoms. The number of methoxy groups -OCH3 is 2. The molecule has 1 aliphatic rings. The minimum Gasteiger partial charge on any atom is -0.479 e. The average molecular weight is 411 g/mol. The normalized spacial score (nSPS) is 18.3. The van der Waals surface area contributed by atoms with Crippen LogP contribution in [0, 0.1) is 11.3 Å². The molecule has 9 nitrogen and oxygen atoms in total. The summed E-state index contributed by atoms with van der Waals surface area (Å²) in [6.07, 6.45) is 2.76. The number of aromatic nitrogens is 2. The molecule has 9 heteroatoms. The van der Waals surface area contributed by atoms with Gasteiger partial charge >= 0.3 is 5.97 Å². The zero-order valence-corrected chi connectivity index (χ0v) is 17.0. The van der Waals surface area contributed by atoms with E-state index in [0.29, 0.717) is 36.9 Å². The van der Waals surface area contributed by atoms with Gasteiger partial charge < -0.3 is 20.5 Å². The van der Waals surface area contributed by atoms with Crippen LogP contribution in [0.3, 0.4) is 0 Å². The first-order chi connectivity index (χ1) is 14.4. The Balaban J connectivity index is 1.74. The molecule has 4 N–H and O–H groups in total. The lowest BCUT2D eigenvalue weighted by Gasteiger charge is -2.27. The molecule has 1 aromatic carbocycles. The second kappa shape index (κ2) is 9.34. The molecule has 3 rings (SSSR count). The van der Waals surface area contributed by atoms with Gasteiger partial charge in [0.2, 0.25) is 5.88 Å². The lowest BCUT2D eigenvalue weighted by molar-refractivity contribution is -0.146. The fraction of sp³-hybridized carbons (Fsp3) is 0.381. The van der Waals surface area contributed by atoms with Crippen LogP contribution in [0.2, 0.25) is 0 Å². The van der Waals surface area contributed by atoms with E-state index in [0.717, 1.165) is 5.56 Å². The number of esters is 1. The maximum absolute atomic E-state index is 12.9. The van der Waals surface area contributed by atoms with Gasteiger partial charge in [0.15, 0.2) is 0 Å². The number of carbonyl (C=O) groups is 2. The van der Waals surface area contributed by atoms with Crippen LogP contribution >= 0.6 is 0 Å². The van der Waals surface area contributed by atoms with Crippen LogP contribution in [0.5, 0.6) is 5.88 Å². The fourth-order valence-corrected chi connectivity index (χ4v) is 3.56. The van der Waals surface area contributed by atoms with Gasteiger partial charge in [-0.3, -0.25) is 15.0 Å². The second-order valence-corrected chi connectivity index (χ2v) is 7.19. The van der Waals surface area contributed by atoms with Crippen LogP contribution in [-0.4, -0.2) is 48.2 Å². The van der Waals surface area contributed by atoms with Gasteiger partial charge in [-0.25, -0.2) is 0 Å². The first kappa shape index (κ1) is 21.2. The molecule has 2 aromatic rings. The Morgan fingerprint density at radius 3 is 2.33 bits per heavy atom. The number of rotatable bonds is 6. The summed E-state index contributed by atoms with van der Waals surface area (Å²) in [5.74, 6) is -0.487. The van der Waals surface area contributed by atoms with Crippen molar-refractivity contribution in [3.8, 4) is 17.1 Å². The van der Waals surface area contributed by atoms with E-state index in [9.17, 15) is 9.59 Å². The molecule has 0 aliphatic heterocycles. The number of nitrogens with two attached hydrogens (primary N) is 1. The van der Waals surface area contributed by atoms with Crippen molar-refractivity contribution in [3.63, 3.8) is 0 Å². The molecular weight excluding hydrogens is 386 g/mol. The van der Waals surface area contributed by atoms with Crippen molar-refractivity contribution in [3.05, 3.63) is 41.5 Å². The van der Waals surface area contributed by atoms with Crippen LogP contribution in [0.25, 0.3) is 11.3 Å². The van der Waals surface area contributed by atoms with E-state index in [1.165, 1.54) is 14.2 Å². The van der Waals surface area contributed by atoms with E-state index < -0.39 is 0 Å². The van der Waals surface area contributed by atoms with E-state index in [4.69, 9.17) is 20.6 Å². The number of hydrogen-bond acceptors (Lipinski definition) is 7. The first-order valence-corrected chi connectivity index (χ1v) is 9.68. The Morgan fingerprint density at radius 1 is 1.10 bits per heavy atom. The molecule has 1 saturated carbocycles. The van der Waals surface area contributed by atoms with E-state index in [2.05, 4.69) is 15.5 Å². The van der Waals surface area contributed by atoms with Crippen LogP contribution in [0.1, 0.15) is 41.6 Å². The van der Waals surface area contributed by atoms with Crippen molar-refractivity contribution < 1.29 is 19.1 Å². The number of ether oxygens (including phenoxy) is 2. The Labute approximate surface area is 174 Å². The number of amidine groups is 1. The van der Waals surface area contributed by atoms with Crippen molar-refractivity contribution in [2.24, 2.45) is 11.7 Å². The molecular formula is C21H25N5O4. The number of benzene rings is 1. The number of carbonyl (C=O) groups excluding carboxylic acids is 2. The van der Waals surface area contributed by atoms with Crippen molar-refractivity contribution >= 4 is 17.7 Å². The van der Waals surface area contributed by atoms with Crippen LogP contribution in [0.4, 0.5) is 0 Å². The Morgan fingerprint density at radius 2 is 1.77 bits per heavy atom. The summed E-state index contributed by atoms with van der Waals surface area (Å²) in [5.41, 5.74) is 7.61. The van der Waals surface area contributed by atoms with Crippen molar-refractivity contribution in [1.29, 1.82) is 5.41 Å². The maximum Gasteiger partial charge on any atom is 0.308 e. The standard InChI is InChI=1S/C21H25N5O4/c1-29-20-16(19(27)24-15-9-7-14(8-10-15)21(28)30-2)11-17(25-26-20)12-3-5-13(6-4-12)18(22)23/h3-6,11,14-15H,7-10H2,1-2H3,(H3,22,23)(H,24,27). The molecule has 30 heavy (non-hydrogen) atoms. The largest absolute Gasteiger partial charge is 0.479 e. The molecule has 0 radical (unpaired) electrons. The third kappa shape index (κ3) is 4.73. The second-order valence-electron chi connectivity index (χ2n) is 7.19. The summed E-state index contributed by atoms with van der Waals surface area (Å²) in [7, 11) is 2.83. The van der Waals surface area contributed by atoms with E-state index in [1.54, 1.807) is 30.3 Å². The Kier molecular flexibility index (Phi) is 6.61. The summed E-state index contributed by atoms with van der Waals surface area (Å²) >= 11 is 0. The molecule has 1 aliphatic carbocycles. The number of nitrogens with zero attached hydrogens (tertiary/aromatic N) is 2. The van der Waals surface area contributed by atoms with Crippen molar-refractivity contribution in [1.82, 2.24) is 15.5 Å². The van der Waals surface area contributed by atoms with Crippen molar-refractivity contribution in [2.45, 2.75) is 31.7 Å². The summed E-state index contributed by atoms with van der Waals surface area (Å²) in [4.78, 5) is 24.6. The number of nitrogens with one attached hydrogen (secondary N) is 2. The molecule has 1 amide bonds. The number of amides is 1. The molecule has 1 heterocycles. The Bertz CT molecular complexity index is 937. The quantitative estimate of drug-likeness (QED) is 0.374. The third-order valence-corrected chi connectivity index (χ3v) is 5.29. The van der Waals surface area contributed by atoms with Gasteiger partial charge in [0.25, 0.3) is 5.91 Å². The third-order valence-electron chi connectivity index (χ3n) is 5.29. The predicted molar refractivity (Wildman–Crippen MR) is 110 cm³/mol. The molecule has 0 saturated heterocycles. The highest BCUT2D eigenvalue weighted by atomic mass is 16.5. The van der Waals surface area contributed by atoms with Crippen LogP contribution in [0.15, 0.2) is 30.3 Å². The van der Waals surface area contributed by atoms with E-state index in [1.807, 2.05) is 0 Å². The van der Waals surface area contributed by atoms with Gasteiger partial charge in [-0.05, 0) is 31.7 Å². The van der Waals surface area contributed by atoms with Gasteiger partial charge in [-0.1, -0.05) is 24.3 Å². The smallest absolute Gasteiger partial charge is 0.308 e. The summed E-state index contributed by atoms with van der Waals surface area (Å²) in [6.45, 7) is 0. The molecule has 1 aromatic heterocycles. The SMILES string of the molecule is COC(=O)C1CCC(NC(=O)c2cc(-c3ccc(C(=N)N)cc3)nnc2OC)CC1. The van der Waals surface area contributed by atoms with Crippen LogP contribution in [-0.2, 0) is 9.53 Å². The number of hydrogen-bond donors (Lipinski definition) is 3. The van der Waals surface area contributed by atoms with Gasteiger partial charge in [-0.15, -0.1) is 10.2 Å². The van der Waals surface area contributed by atoms with Gasteiger partial charge in [0.05, 0.1) is 25.8 Å². The predicted octanol–water partition coefficient (Wildman–Crippen LogP) is 1.90. The topological polar surface area (TPSA) is 140 Å². The van der Waals surface area contributed by atoms with Crippen molar-refractivity contribution in [2.75, 3.05) is 14.2 Å². The Hall–Kier alpha value is -3.49. The summed E-state index contributed by atoms with van der Waals surface area (Å²) in [5, 5.41) is 18.6. The average Bonchev–Trinajstić information content (AvgIpc) is 2.78. The maximum atomic E-state index is 12.9. The molecule has 0 atom stereocenters. The highest BCUT2D eigenvalue weighted by molar-refractivity contribution is 5.98. The van der Waals surface area contributed by atoms with Gasteiger partial charge in [0.1, 0.15) is 11.4 Å². The molecule has 0 spiro atoms. The van der Waals surface area contributed by atoms with Gasteiger partial charge in [0, 0.05) is 17.2 Å². The van der Waals surface area contributed by atoms with E-state index >= 15 is 0 Å².